The minimum atomic E-state index is -4.63. The molecule has 4 N–H and O–H groups in total. The fourth-order valence-electron chi connectivity index (χ4n) is 2.66. The van der Waals surface area contributed by atoms with Crippen LogP contribution in [0.25, 0.3) is 0 Å². The highest BCUT2D eigenvalue weighted by atomic mass is 32.2. The van der Waals surface area contributed by atoms with Gasteiger partial charge in [0.1, 0.15) is 16.3 Å². The maximum absolute atomic E-state index is 11.9. The SMILES string of the molecule is Cc1ccc(N=Nc2ccc(N=Nc3ccc(C)cc3NC(N)=O)c(S(=O)(=O)O)c2)cc1. The van der Waals surface area contributed by atoms with Gasteiger partial charge < -0.3 is 11.1 Å². The highest BCUT2D eigenvalue weighted by molar-refractivity contribution is 7.86. The van der Waals surface area contributed by atoms with Gasteiger partial charge in [0.25, 0.3) is 10.1 Å². The molecule has 0 unspecified atom stereocenters. The summed E-state index contributed by atoms with van der Waals surface area (Å²) in [7, 11) is -4.63. The molecule has 32 heavy (non-hydrogen) atoms. The molecule has 164 valence electrons. The third kappa shape index (κ3) is 6.03. The maximum Gasteiger partial charge on any atom is 0.316 e. The first-order chi connectivity index (χ1) is 15.1. The van der Waals surface area contributed by atoms with E-state index in [1.807, 2.05) is 26.0 Å². The molecule has 3 aromatic rings. The average molecular weight is 452 g/mol. The number of hydrogen-bond acceptors (Lipinski definition) is 7. The van der Waals surface area contributed by atoms with E-state index in [0.29, 0.717) is 11.4 Å². The van der Waals surface area contributed by atoms with Crippen molar-refractivity contribution in [2.24, 2.45) is 26.2 Å². The summed E-state index contributed by atoms with van der Waals surface area (Å²) in [6.07, 6.45) is 0. The van der Waals surface area contributed by atoms with Crippen LogP contribution < -0.4 is 11.1 Å². The Morgan fingerprint density at radius 2 is 1.38 bits per heavy atom. The molecular weight excluding hydrogens is 432 g/mol. The van der Waals surface area contributed by atoms with Crippen LogP contribution in [-0.4, -0.2) is 19.0 Å². The molecule has 0 fully saturated rings. The largest absolute Gasteiger partial charge is 0.351 e. The van der Waals surface area contributed by atoms with E-state index in [1.54, 1.807) is 30.3 Å². The van der Waals surface area contributed by atoms with Crippen LogP contribution in [0, 0.1) is 13.8 Å². The van der Waals surface area contributed by atoms with Gasteiger partial charge in [0.15, 0.2) is 0 Å². The van der Waals surface area contributed by atoms with E-state index in [9.17, 15) is 17.8 Å². The smallest absolute Gasteiger partial charge is 0.316 e. The van der Waals surface area contributed by atoms with Crippen LogP contribution in [0.2, 0.25) is 0 Å². The molecule has 0 aliphatic rings. The molecule has 0 aromatic heterocycles. The highest BCUT2D eigenvalue weighted by Crippen LogP contribution is 2.33. The predicted molar refractivity (Wildman–Crippen MR) is 120 cm³/mol. The van der Waals surface area contributed by atoms with Crippen LogP contribution in [0.1, 0.15) is 11.1 Å². The zero-order valence-electron chi connectivity index (χ0n) is 17.2. The summed E-state index contributed by atoms with van der Waals surface area (Å²) < 4.78 is 33.4. The molecule has 0 bridgehead atoms. The van der Waals surface area contributed by atoms with Gasteiger partial charge in [0, 0.05) is 0 Å². The van der Waals surface area contributed by atoms with Crippen molar-refractivity contribution < 1.29 is 17.8 Å². The van der Waals surface area contributed by atoms with Crippen LogP contribution in [0.15, 0.2) is 86.0 Å². The van der Waals surface area contributed by atoms with Gasteiger partial charge in [-0.15, -0.1) is 10.2 Å². The second-order valence-electron chi connectivity index (χ2n) is 6.87. The van der Waals surface area contributed by atoms with Crippen LogP contribution in [0.3, 0.4) is 0 Å². The lowest BCUT2D eigenvalue weighted by atomic mass is 10.2. The Morgan fingerprint density at radius 1 is 0.812 bits per heavy atom. The van der Waals surface area contributed by atoms with Crippen LogP contribution >= 0.6 is 0 Å². The quantitative estimate of drug-likeness (QED) is 0.315. The van der Waals surface area contributed by atoms with Crippen molar-refractivity contribution in [2.75, 3.05) is 5.32 Å². The van der Waals surface area contributed by atoms with Crippen molar-refractivity contribution in [3.05, 3.63) is 71.8 Å². The Hall–Kier alpha value is -3.96. The predicted octanol–water partition coefficient (Wildman–Crippen LogP) is 5.87. The van der Waals surface area contributed by atoms with Gasteiger partial charge >= 0.3 is 6.03 Å². The number of hydrogen-bond donors (Lipinski definition) is 3. The zero-order valence-corrected chi connectivity index (χ0v) is 18.0. The zero-order chi connectivity index (χ0) is 23.3. The summed E-state index contributed by atoms with van der Waals surface area (Å²) >= 11 is 0. The normalized spacial score (nSPS) is 11.8. The third-order valence-electron chi connectivity index (χ3n) is 4.21. The minimum Gasteiger partial charge on any atom is -0.351 e. The summed E-state index contributed by atoms with van der Waals surface area (Å²) in [5.41, 5.74) is 8.30. The summed E-state index contributed by atoms with van der Waals surface area (Å²) in [5, 5.41) is 18.4. The van der Waals surface area contributed by atoms with Crippen molar-refractivity contribution in [3.63, 3.8) is 0 Å². The van der Waals surface area contributed by atoms with Crippen LogP contribution in [0.5, 0.6) is 0 Å². The van der Waals surface area contributed by atoms with Gasteiger partial charge in [-0.05, 0) is 61.9 Å². The third-order valence-corrected chi connectivity index (χ3v) is 5.09. The molecule has 11 heteroatoms. The first-order valence-electron chi connectivity index (χ1n) is 9.30. The summed E-state index contributed by atoms with van der Waals surface area (Å²) in [4.78, 5) is 10.7. The second kappa shape index (κ2) is 9.45. The Kier molecular flexibility index (Phi) is 6.71. The molecule has 3 aromatic carbocycles. The van der Waals surface area contributed by atoms with E-state index in [-0.39, 0.29) is 17.1 Å². The molecule has 0 aliphatic heterocycles. The monoisotopic (exact) mass is 452 g/mol. The Labute approximate surface area is 184 Å². The molecule has 0 radical (unpaired) electrons. The highest BCUT2D eigenvalue weighted by Gasteiger charge is 2.17. The van der Waals surface area contributed by atoms with Gasteiger partial charge in [0.05, 0.1) is 17.1 Å². The molecular formula is C21H20N6O4S. The summed E-state index contributed by atoms with van der Waals surface area (Å²) in [6, 6.07) is 15.4. The molecule has 0 saturated heterocycles. The minimum absolute atomic E-state index is 0.118. The lowest BCUT2D eigenvalue weighted by molar-refractivity contribution is 0.259. The number of aryl methyl sites for hydroxylation is 2. The Bertz CT molecular complexity index is 1320. The molecule has 0 spiro atoms. The van der Waals surface area contributed by atoms with E-state index >= 15 is 0 Å². The Morgan fingerprint density at radius 3 is 2.03 bits per heavy atom. The topological polar surface area (TPSA) is 159 Å². The molecule has 0 heterocycles. The van der Waals surface area contributed by atoms with E-state index < -0.39 is 21.0 Å². The number of anilines is 1. The van der Waals surface area contributed by atoms with Crippen molar-refractivity contribution in [1.82, 2.24) is 0 Å². The number of carbonyl (C=O) groups is 1. The number of urea groups is 1. The number of carbonyl (C=O) groups excluding carboxylic acids is 1. The molecule has 0 atom stereocenters. The van der Waals surface area contributed by atoms with Gasteiger partial charge in [-0.2, -0.15) is 18.6 Å². The number of amides is 2. The van der Waals surface area contributed by atoms with Crippen molar-refractivity contribution in [2.45, 2.75) is 18.7 Å². The number of nitrogens with one attached hydrogen (secondary N) is 1. The standard InChI is InChI=1S/C21H20N6O4S/c1-13-3-6-15(7-4-13)24-25-16-8-10-18(20(12-16)32(29,30)31)27-26-17-9-5-14(2)11-19(17)23-21(22)28/h3-12H,1-2H3,(H3,22,23,28)(H,29,30,31). The van der Waals surface area contributed by atoms with Crippen LogP contribution in [0.4, 0.5) is 33.2 Å². The number of benzene rings is 3. The lowest BCUT2D eigenvalue weighted by Crippen LogP contribution is -2.19. The average Bonchev–Trinajstić information content (AvgIpc) is 2.72. The summed E-state index contributed by atoms with van der Waals surface area (Å²) in [5.74, 6) is 0. The number of nitrogens with zero attached hydrogens (tertiary/aromatic N) is 4. The van der Waals surface area contributed by atoms with Gasteiger partial charge in [-0.25, -0.2) is 4.79 Å². The molecule has 2 amide bonds. The first kappa shape index (κ1) is 22.7. The maximum atomic E-state index is 11.9. The number of rotatable bonds is 6. The van der Waals surface area contributed by atoms with E-state index in [2.05, 4.69) is 25.8 Å². The molecule has 3 rings (SSSR count). The summed E-state index contributed by atoms with van der Waals surface area (Å²) in [6.45, 7) is 3.75. The van der Waals surface area contributed by atoms with E-state index in [1.165, 1.54) is 12.1 Å². The van der Waals surface area contributed by atoms with Crippen molar-refractivity contribution >= 4 is 44.6 Å². The fourth-order valence-corrected chi connectivity index (χ4v) is 3.30. The van der Waals surface area contributed by atoms with Crippen molar-refractivity contribution in [3.8, 4) is 0 Å². The van der Waals surface area contributed by atoms with Gasteiger partial charge in [0.2, 0.25) is 0 Å². The first-order valence-corrected chi connectivity index (χ1v) is 10.7. The number of primary amides is 1. The van der Waals surface area contributed by atoms with Gasteiger partial charge in [-0.3, -0.25) is 4.55 Å². The lowest BCUT2D eigenvalue weighted by Gasteiger charge is -2.07. The van der Waals surface area contributed by atoms with E-state index in [4.69, 9.17) is 5.73 Å². The Balaban J connectivity index is 1.95. The second-order valence-corrected chi connectivity index (χ2v) is 8.26. The van der Waals surface area contributed by atoms with Crippen molar-refractivity contribution in [1.29, 1.82) is 0 Å². The van der Waals surface area contributed by atoms with E-state index in [0.717, 1.165) is 17.2 Å². The molecule has 10 nitrogen and oxygen atoms in total. The van der Waals surface area contributed by atoms with Gasteiger partial charge in [-0.1, -0.05) is 23.8 Å². The number of nitrogens with two attached hydrogens (primary N) is 1. The number of azo groups is 2. The molecule has 0 saturated carbocycles. The fraction of sp³-hybridized carbons (Fsp3) is 0.0952. The molecule has 0 aliphatic carbocycles. The van der Waals surface area contributed by atoms with Crippen LogP contribution in [-0.2, 0) is 10.1 Å².